The van der Waals surface area contributed by atoms with Gasteiger partial charge in [0.2, 0.25) is 9.70 Å². The molecule has 3 N–H and O–H groups in total. The number of rotatable bonds is 4. The highest BCUT2D eigenvalue weighted by Crippen LogP contribution is 2.29. The molecule has 0 aliphatic carbocycles. The van der Waals surface area contributed by atoms with Gasteiger partial charge in [0.1, 0.15) is 6.17 Å². The number of halogens is 3. The first kappa shape index (κ1) is 18.7. The first-order valence-corrected chi connectivity index (χ1v) is 7.29. The summed E-state index contributed by atoms with van der Waals surface area (Å²) in [4.78, 5) is 21.3. The van der Waals surface area contributed by atoms with Gasteiger partial charge in [-0.2, -0.15) is 0 Å². The maximum absolute atomic E-state index is 11.1. The summed E-state index contributed by atoms with van der Waals surface area (Å²) in [7, 11) is 0. The minimum atomic E-state index is -1.85. The number of amides is 1. The summed E-state index contributed by atoms with van der Waals surface area (Å²) in [5.41, 5.74) is 0.269. The Morgan fingerprint density at radius 3 is 2.50 bits per heavy atom. The fourth-order valence-electron chi connectivity index (χ4n) is 1.40. The predicted molar refractivity (Wildman–Crippen MR) is 90.3 cm³/mol. The van der Waals surface area contributed by atoms with E-state index in [9.17, 15) is 14.9 Å². The number of carbonyl (C=O) groups is 1. The number of thiocarbonyl (C=S) groups is 1. The van der Waals surface area contributed by atoms with E-state index >= 15 is 0 Å². The van der Waals surface area contributed by atoms with Crippen molar-refractivity contribution in [3.8, 4) is 0 Å². The Hall–Kier alpha value is -1.35. The van der Waals surface area contributed by atoms with Crippen LogP contribution in [0.15, 0.2) is 24.3 Å². The smallest absolute Gasteiger partial charge is 0.271 e. The molecule has 0 fully saturated rings. The van der Waals surface area contributed by atoms with Gasteiger partial charge in [-0.1, -0.05) is 40.9 Å². The van der Waals surface area contributed by atoms with Crippen molar-refractivity contribution in [1.29, 1.82) is 0 Å². The van der Waals surface area contributed by atoms with Crippen LogP contribution in [0.4, 0.5) is 11.4 Å². The summed E-state index contributed by atoms with van der Waals surface area (Å²) < 4.78 is -1.85. The highest BCUT2D eigenvalue weighted by molar-refractivity contribution is 7.80. The van der Waals surface area contributed by atoms with Gasteiger partial charge in [0, 0.05) is 24.7 Å². The number of anilines is 1. The van der Waals surface area contributed by atoms with Gasteiger partial charge >= 0.3 is 0 Å². The monoisotopic (exact) mass is 384 g/mol. The van der Waals surface area contributed by atoms with Crippen molar-refractivity contribution < 1.29 is 9.72 Å². The van der Waals surface area contributed by atoms with E-state index in [4.69, 9.17) is 47.0 Å². The summed E-state index contributed by atoms with van der Waals surface area (Å²) >= 11 is 22.2. The number of hydrogen-bond acceptors (Lipinski definition) is 4. The molecule has 1 aromatic rings. The predicted octanol–water partition coefficient (Wildman–Crippen LogP) is 2.71. The number of nitrogens with one attached hydrogen (secondary N) is 3. The number of nitro groups is 1. The molecule has 1 rings (SSSR count). The van der Waals surface area contributed by atoms with Crippen molar-refractivity contribution in [1.82, 2.24) is 10.6 Å². The number of carbonyl (C=O) groups excluding carboxylic acids is 1. The molecule has 120 valence electrons. The molecule has 0 radical (unpaired) electrons. The number of nitro benzene ring substituents is 1. The van der Waals surface area contributed by atoms with Crippen LogP contribution in [0, 0.1) is 10.1 Å². The van der Waals surface area contributed by atoms with Crippen molar-refractivity contribution in [3.05, 3.63) is 34.4 Å². The third-order valence-electron chi connectivity index (χ3n) is 2.27. The van der Waals surface area contributed by atoms with E-state index in [2.05, 4.69) is 16.0 Å². The molecule has 0 bridgehead atoms. The first-order valence-electron chi connectivity index (χ1n) is 5.75. The van der Waals surface area contributed by atoms with Gasteiger partial charge in [-0.25, -0.2) is 0 Å². The zero-order valence-corrected chi connectivity index (χ0v) is 14.2. The van der Waals surface area contributed by atoms with Crippen molar-refractivity contribution >= 4 is 69.4 Å². The summed E-state index contributed by atoms with van der Waals surface area (Å²) in [6.07, 6.45) is -1.08. The Labute approximate surface area is 146 Å². The lowest BCUT2D eigenvalue weighted by atomic mass is 10.3. The Kier molecular flexibility index (Phi) is 6.61. The number of alkyl halides is 3. The highest BCUT2D eigenvalue weighted by Gasteiger charge is 2.34. The lowest BCUT2D eigenvalue weighted by molar-refractivity contribution is -0.384. The maximum atomic E-state index is 11.1. The van der Waals surface area contributed by atoms with Gasteiger partial charge in [0.25, 0.3) is 5.69 Å². The second-order valence-corrected chi connectivity index (χ2v) is 6.86. The summed E-state index contributed by atoms with van der Waals surface area (Å²) in [6.45, 7) is 1.25. The molecular formula is C11H11Cl3N4O3S. The molecule has 0 saturated heterocycles. The molecule has 1 aromatic carbocycles. The van der Waals surface area contributed by atoms with E-state index in [0.29, 0.717) is 5.69 Å². The van der Waals surface area contributed by atoms with Crippen molar-refractivity contribution in [2.45, 2.75) is 16.9 Å². The molecule has 0 heterocycles. The first-order chi connectivity index (χ1) is 10.1. The van der Waals surface area contributed by atoms with E-state index in [0.717, 1.165) is 0 Å². The molecule has 0 spiro atoms. The second kappa shape index (κ2) is 7.77. The molecule has 0 aromatic heterocycles. The van der Waals surface area contributed by atoms with Crippen molar-refractivity contribution in [2.24, 2.45) is 0 Å². The van der Waals surface area contributed by atoms with Crippen LogP contribution in [0.2, 0.25) is 0 Å². The Morgan fingerprint density at radius 2 is 2.00 bits per heavy atom. The summed E-state index contributed by atoms with van der Waals surface area (Å²) in [5.74, 6) is -0.429. The minimum Gasteiger partial charge on any atom is -0.339 e. The average Bonchev–Trinajstić information content (AvgIpc) is 2.36. The molecule has 0 aliphatic rings. The standard InChI is InChI=1S/C11H11Cl3N4O3S/c1-6(19)15-9(11(12,13)14)17-10(22)16-7-3-2-4-8(5-7)18(20)21/h2-5,9H,1H3,(H,15,19)(H2,16,17,22)/t9-/m0/s1. The zero-order valence-electron chi connectivity index (χ0n) is 11.1. The molecule has 7 nitrogen and oxygen atoms in total. The fourth-order valence-corrected chi connectivity index (χ4v) is 1.96. The Balaban J connectivity index is 2.77. The van der Waals surface area contributed by atoms with E-state index < -0.39 is 20.8 Å². The van der Waals surface area contributed by atoms with Crippen LogP contribution in [0.25, 0.3) is 0 Å². The van der Waals surface area contributed by atoms with E-state index in [1.165, 1.54) is 25.1 Å². The molecule has 1 amide bonds. The van der Waals surface area contributed by atoms with Gasteiger partial charge in [0.15, 0.2) is 5.11 Å². The Morgan fingerprint density at radius 1 is 1.36 bits per heavy atom. The molecule has 1 atom stereocenters. The lowest BCUT2D eigenvalue weighted by Gasteiger charge is -2.27. The molecule has 0 saturated carbocycles. The molecular weight excluding hydrogens is 375 g/mol. The third kappa shape index (κ3) is 6.18. The van der Waals surface area contributed by atoms with Crippen LogP contribution in [-0.4, -0.2) is 25.9 Å². The van der Waals surface area contributed by atoms with Crippen LogP contribution in [0.1, 0.15) is 6.92 Å². The van der Waals surface area contributed by atoms with Gasteiger partial charge in [0.05, 0.1) is 4.92 Å². The molecule has 22 heavy (non-hydrogen) atoms. The zero-order chi connectivity index (χ0) is 16.9. The molecule has 0 aliphatic heterocycles. The largest absolute Gasteiger partial charge is 0.339 e. The van der Waals surface area contributed by atoms with Gasteiger partial charge in [-0.15, -0.1) is 0 Å². The quantitative estimate of drug-likeness (QED) is 0.242. The minimum absolute atomic E-state index is 0.0190. The topological polar surface area (TPSA) is 96.3 Å². The van der Waals surface area contributed by atoms with Crippen LogP contribution in [0.3, 0.4) is 0 Å². The third-order valence-corrected chi connectivity index (χ3v) is 3.14. The summed E-state index contributed by atoms with van der Waals surface area (Å²) in [5, 5.41) is 18.4. The molecule has 11 heteroatoms. The van der Waals surface area contributed by atoms with Crippen molar-refractivity contribution in [2.75, 3.05) is 5.32 Å². The SMILES string of the molecule is CC(=O)N[C@@H](NC(=S)Nc1cccc([N+](=O)[O-])c1)C(Cl)(Cl)Cl. The fraction of sp³-hybridized carbons (Fsp3) is 0.273. The van der Waals surface area contributed by atoms with E-state index in [1.54, 1.807) is 6.07 Å². The normalized spacial score (nSPS) is 12.2. The van der Waals surface area contributed by atoms with Gasteiger partial charge in [-0.3, -0.25) is 14.9 Å². The van der Waals surface area contributed by atoms with Crippen LogP contribution in [0.5, 0.6) is 0 Å². The van der Waals surface area contributed by atoms with Crippen LogP contribution >= 0.6 is 47.0 Å². The van der Waals surface area contributed by atoms with Crippen molar-refractivity contribution in [3.63, 3.8) is 0 Å². The number of hydrogen-bond donors (Lipinski definition) is 3. The second-order valence-electron chi connectivity index (χ2n) is 4.08. The van der Waals surface area contributed by atoms with Gasteiger partial charge < -0.3 is 16.0 Å². The van der Waals surface area contributed by atoms with Gasteiger partial charge in [-0.05, 0) is 18.3 Å². The maximum Gasteiger partial charge on any atom is 0.271 e. The van der Waals surface area contributed by atoms with E-state index in [-0.39, 0.29) is 10.8 Å². The average molecular weight is 386 g/mol. The lowest BCUT2D eigenvalue weighted by Crippen LogP contribution is -2.55. The molecule has 0 unspecified atom stereocenters. The number of non-ortho nitro benzene ring substituents is 1. The van der Waals surface area contributed by atoms with E-state index in [1.807, 2.05) is 0 Å². The summed E-state index contributed by atoms with van der Waals surface area (Å²) in [6, 6.07) is 5.69. The van der Waals surface area contributed by atoms with Crippen LogP contribution < -0.4 is 16.0 Å². The van der Waals surface area contributed by atoms with Crippen LogP contribution in [-0.2, 0) is 4.79 Å². The Bertz CT molecular complexity index is 594. The highest BCUT2D eigenvalue weighted by atomic mass is 35.6. The number of nitrogens with zero attached hydrogens (tertiary/aromatic N) is 1. The number of benzene rings is 1.